The largest absolute Gasteiger partial charge is 0.496 e. The number of aromatic nitrogens is 1. The molecule has 0 saturated carbocycles. The molecule has 28 heavy (non-hydrogen) atoms. The number of methoxy groups -OCH3 is 1. The Balaban J connectivity index is 1.58. The highest BCUT2D eigenvalue weighted by molar-refractivity contribution is 5.57. The van der Waals surface area contributed by atoms with E-state index in [2.05, 4.69) is 45.1 Å². The van der Waals surface area contributed by atoms with Crippen LogP contribution in [0.2, 0.25) is 0 Å². The van der Waals surface area contributed by atoms with Crippen LogP contribution in [0.15, 0.2) is 48.5 Å². The number of aryl methyl sites for hydroxylation is 1. The highest BCUT2D eigenvalue weighted by Crippen LogP contribution is 2.19. The smallest absolute Gasteiger partial charge is 0.126 e. The number of para-hydroxylation sites is 1. The number of pyridine rings is 1. The van der Waals surface area contributed by atoms with Crippen molar-refractivity contribution in [3.05, 3.63) is 65.5 Å². The molecule has 1 aliphatic rings. The monoisotopic (exact) mass is 381 g/mol. The van der Waals surface area contributed by atoms with Gasteiger partial charge in [0.05, 0.1) is 12.8 Å². The Labute approximate surface area is 168 Å². The van der Waals surface area contributed by atoms with Crippen LogP contribution in [-0.2, 0) is 6.54 Å². The first kappa shape index (κ1) is 20.5. The predicted molar refractivity (Wildman–Crippen MR) is 113 cm³/mol. The molecule has 2 heterocycles. The molecule has 0 unspecified atom stereocenters. The summed E-state index contributed by atoms with van der Waals surface area (Å²) in [6.07, 6.45) is 5.12. The van der Waals surface area contributed by atoms with Crippen molar-refractivity contribution in [3.63, 3.8) is 0 Å². The molecular formula is C23H31N3O2. The van der Waals surface area contributed by atoms with Gasteiger partial charge < -0.3 is 9.84 Å². The fourth-order valence-electron chi connectivity index (χ4n) is 3.78. The van der Waals surface area contributed by atoms with Gasteiger partial charge in [-0.1, -0.05) is 36.4 Å². The number of piperazine rings is 1. The number of aliphatic hydroxyl groups excluding tert-OH is 1. The van der Waals surface area contributed by atoms with Gasteiger partial charge in [0, 0.05) is 56.6 Å². The number of hydrogen-bond donors (Lipinski definition) is 1. The van der Waals surface area contributed by atoms with E-state index in [1.165, 1.54) is 0 Å². The third-order valence-electron chi connectivity index (χ3n) is 5.26. The van der Waals surface area contributed by atoms with Crippen molar-refractivity contribution in [2.45, 2.75) is 25.9 Å². The standard InChI is InChI=1S/C23H31N3O2/c1-19-7-5-10-21(24-19)17-26-15-14-25(18-22(26)12-16-27)13-6-9-20-8-3-4-11-23(20)28-2/h3-11,22,27H,12-18H2,1-2H3/b9-6+/t22-/m1/s1. The summed E-state index contributed by atoms with van der Waals surface area (Å²) in [5.74, 6) is 0.896. The van der Waals surface area contributed by atoms with E-state index < -0.39 is 0 Å². The number of hydrogen-bond acceptors (Lipinski definition) is 5. The minimum atomic E-state index is 0.216. The average Bonchev–Trinajstić information content (AvgIpc) is 2.70. The zero-order valence-electron chi connectivity index (χ0n) is 16.9. The third kappa shape index (κ3) is 5.64. The Bertz CT molecular complexity index is 778. The lowest BCUT2D eigenvalue weighted by Gasteiger charge is -2.41. The molecule has 0 amide bonds. The fourth-order valence-corrected chi connectivity index (χ4v) is 3.78. The molecule has 150 valence electrons. The summed E-state index contributed by atoms with van der Waals surface area (Å²) in [5.41, 5.74) is 3.25. The zero-order valence-corrected chi connectivity index (χ0v) is 16.9. The van der Waals surface area contributed by atoms with E-state index in [0.717, 1.165) is 61.8 Å². The molecule has 2 aromatic rings. The fraction of sp³-hybridized carbons (Fsp3) is 0.435. The molecule has 1 aliphatic heterocycles. The molecule has 0 spiro atoms. The summed E-state index contributed by atoms with van der Waals surface area (Å²) < 4.78 is 5.41. The number of rotatable bonds is 8. The Morgan fingerprint density at radius 3 is 2.82 bits per heavy atom. The van der Waals surface area contributed by atoms with Crippen LogP contribution in [0.5, 0.6) is 5.75 Å². The maximum absolute atomic E-state index is 9.53. The number of ether oxygens (including phenoxy) is 1. The molecule has 5 heteroatoms. The van der Waals surface area contributed by atoms with E-state index >= 15 is 0 Å². The lowest BCUT2D eigenvalue weighted by Crippen LogP contribution is -2.52. The van der Waals surface area contributed by atoms with Crippen molar-refractivity contribution in [2.24, 2.45) is 0 Å². The van der Waals surface area contributed by atoms with Gasteiger partial charge in [-0.25, -0.2) is 0 Å². The molecule has 1 N–H and O–H groups in total. The van der Waals surface area contributed by atoms with Crippen LogP contribution in [0.3, 0.4) is 0 Å². The molecule has 0 radical (unpaired) electrons. The van der Waals surface area contributed by atoms with Crippen molar-refractivity contribution in [3.8, 4) is 5.75 Å². The van der Waals surface area contributed by atoms with Crippen molar-refractivity contribution in [1.29, 1.82) is 0 Å². The van der Waals surface area contributed by atoms with Crippen LogP contribution in [0.25, 0.3) is 6.08 Å². The van der Waals surface area contributed by atoms with E-state index in [-0.39, 0.29) is 6.61 Å². The predicted octanol–water partition coefficient (Wildman–Crippen LogP) is 2.98. The zero-order chi connectivity index (χ0) is 19.8. The van der Waals surface area contributed by atoms with E-state index in [0.29, 0.717) is 6.04 Å². The average molecular weight is 382 g/mol. The Hall–Kier alpha value is -2.21. The Morgan fingerprint density at radius 2 is 2.04 bits per heavy atom. The van der Waals surface area contributed by atoms with Crippen LogP contribution in [-0.4, -0.2) is 65.8 Å². The molecule has 1 saturated heterocycles. The highest BCUT2D eigenvalue weighted by Gasteiger charge is 2.26. The van der Waals surface area contributed by atoms with Crippen molar-refractivity contribution in [1.82, 2.24) is 14.8 Å². The van der Waals surface area contributed by atoms with Crippen LogP contribution < -0.4 is 4.74 Å². The maximum atomic E-state index is 9.53. The summed E-state index contributed by atoms with van der Waals surface area (Å²) >= 11 is 0. The summed E-state index contributed by atoms with van der Waals surface area (Å²) in [7, 11) is 1.70. The minimum Gasteiger partial charge on any atom is -0.496 e. The van der Waals surface area contributed by atoms with Gasteiger partial charge in [-0.15, -0.1) is 0 Å². The lowest BCUT2D eigenvalue weighted by molar-refractivity contribution is 0.0587. The van der Waals surface area contributed by atoms with Gasteiger partial charge in [0.15, 0.2) is 0 Å². The van der Waals surface area contributed by atoms with Crippen LogP contribution >= 0.6 is 0 Å². The number of aliphatic hydroxyl groups is 1. The summed E-state index contributed by atoms with van der Waals surface area (Å²) in [6, 6.07) is 14.6. The normalized spacial score (nSPS) is 18.6. The van der Waals surface area contributed by atoms with Gasteiger partial charge in [0.2, 0.25) is 0 Å². The second kappa shape index (κ2) is 10.4. The lowest BCUT2D eigenvalue weighted by atomic mass is 10.1. The minimum absolute atomic E-state index is 0.216. The van der Waals surface area contributed by atoms with Gasteiger partial charge in [-0.05, 0) is 31.5 Å². The first-order valence-electron chi connectivity index (χ1n) is 9.99. The topological polar surface area (TPSA) is 48.8 Å². The van der Waals surface area contributed by atoms with Gasteiger partial charge in [0.1, 0.15) is 5.75 Å². The van der Waals surface area contributed by atoms with Crippen LogP contribution in [0.1, 0.15) is 23.4 Å². The van der Waals surface area contributed by atoms with E-state index in [9.17, 15) is 5.11 Å². The van der Waals surface area contributed by atoms with Gasteiger partial charge in [-0.3, -0.25) is 14.8 Å². The molecular weight excluding hydrogens is 350 g/mol. The molecule has 3 rings (SSSR count). The number of benzene rings is 1. The van der Waals surface area contributed by atoms with E-state index in [4.69, 9.17) is 4.74 Å². The van der Waals surface area contributed by atoms with Crippen LogP contribution in [0, 0.1) is 6.92 Å². The van der Waals surface area contributed by atoms with Gasteiger partial charge >= 0.3 is 0 Å². The summed E-state index contributed by atoms with van der Waals surface area (Å²) in [5, 5.41) is 9.53. The summed E-state index contributed by atoms with van der Waals surface area (Å²) in [4.78, 5) is 9.55. The molecule has 1 aromatic heterocycles. The first-order chi connectivity index (χ1) is 13.7. The highest BCUT2D eigenvalue weighted by atomic mass is 16.5. The van der Waals surface area contributed by atoms with Gasteiger partial charge in [-0.2, -0.15) is 0 Å². The van der Waals surface area contributed by atoms with E-state index in [1.807, 2.05) is 31.2 Å². The number of nitrogens with zero attached hydrogens (tertiary/aromatic N) is 3. The molecule has 5 nitrogen and oxygen atoms in total. The van der Waals surface area contributed by atoms with Crippen LogP contribution in [0.4, 0.5) is 0 Å². The third-order valence-corrected chi connectivity index (χ3v) is 5.26. The molecule has 0 bridgehead atoms. The molecule has 1 aromatic carbocycles. The molecule has 1 atom stereocenters. The molecule has 0 aliphatic carbocycles. The quantitative estimate of drug-likeness (QED) is 0.762. The van der Waals surface area contributed by atoms with E-state index in [1.54, 1.807) is 7.11 Å². The Morgan fingerprint density at radius 1 is 1.18 bits per heavy atom. The SMILES string of the molecule is COc1ccccc1/C=C/CN1CCN(Cc2cccc(C)n2)[C@H](CCO)C1. The summed E-state index contributed by atoms with van der Waals surface area (Å²) in [6.45, 7) is 6.96. The molecule has 1 fully saturated rings. The van der Waals surface area contributed by atoms with Crippen molar-refractivity contribution >= 4 is 6.08 Å². The van der Waals surface area contributed by atoms with Crippen molar-refractivity contribution in [2.75, 3.05) is 39.9 Å². The van der Waals surface area contributed by atoms with Crippen molar-refractivity contribution < 1.29 is 9.84 Å². The Kier molecular flexibility index (Phi) is 7.60. The van der Waals surface area contributed by atoms with Gasteiger partial charge in [0.25, 0.3) is 0 Å². The maximum Gasteiger partial charge on any atom is 0.126 e. The second-order valence-corrected chi connectivity index (χ2v) is 7.31. The second-order valence-electron chi connectivity index (χ2n) is 7.31. The first-order valence-corrected chi connectivity index (χ1v) is 9.99.